The smallest absolute Gasteiger partial charge is 0.266 e. The van der Waals surface area contributed by atoms with Crippen LogP contribution in [0.3, 0.4) is 0 Å². The molecule has 0 saturated heterocycles. The predicted octanol–water partition coefficient (Wildman–Crippen LogP) is 7.29. The molecule has 0 radical (unpaired) electrons. The molecule has 6 aromatic carbocycles. The highest BCUT2D eigenvalue weighted by atomic mass is 16.5. The maximum atomic E-state index is 6.58. The lowest BCUT2D eigenvalue weighted by molar-refractivity contribution is 0.464. The molecule has 0 atom stereocenters. The van der Waals surface area contributed by atoms with Crippen molar-refractivity contribution in [3.63, 3.8) is 0 Å². The van der Waals surface area contributed by atoms with E-state index in [1.165, 1.54) is 32.7 Å². The van der Waals surface area contributed by atoms with E-state index in [2.05, 4.69) is 131 Å². The first kappa shape index (κ1) is 21.4. The Labute approximate surface area is 236 Å². The van der Waals surface area contributed by atoms with Crippen LogP contribution in [0.25, 0.3) is 27.5 Å². The van der Waals surface area contributed by atoms with Gasteiger partial charge in [-0.15, -0.1) is 0 Å². The SMILES string of the molecule is c1ccc(N(c2ccccc2)c2cccc3c4ccc5c6c4n(c23)-c2cccc3c2B6c2c(cccc2O5)O3)cc1. The van der Waals surface area contributed by atoms with Gasteiger partial charge >= 0.3 is 0 Å². The summed E-state index contributed by atoms with van der Waals surface area (Å²) in [6.07, 6.45) is 0. The molecule has 0 N–H and O–H groups in total. The van der Waals surface area contributed by atoms with Crippen LogP contribution in [0.15, 0.2) is 127 Å². The average molecular weight is 524 g/mol. The Morgan fingerprint density at radius 2 is 1.05 bits per heavy atom. The zero-order valence-electron chi connectivity index (χ0n) is 21.9. The number of ether oxygens (including phenoxy) is 2. The molecule has 190 valence electrons. The van der Waals surface area contributed by atoms with Crippen molar-refractivity contribution in [2.24, 2.45) is 0 Å². The van der Waals surface area contributed by atoms with Crippen LogP contribution in [0, 0.1) is 0 Å². The maximum absolute atomic E-state index is 6.58. The van der Waals surface area contributed by atoms with Crippen LogP contribution in [0.5, 0.6) is 23.0 Å². The van der Waals surface area contributed by atoms with Gasteiger partial charge in [-0.2, -0.15) is 0 Å². The standard InChI is InChI=1S/C36H21BN2O2/c1-3-10-22(11-4-1)38(23-12-5-2-6-13-23)27-16-7-14-24-25-20-21-31-34-36(25)39(35(24)27)26-15-8-17-28-32(26)37(34)33-29(40-28)18-9-19-30(33)41-31/h1-21H. The van der Waals surface area contributed by atoms with Gasteiger partial charge in [0.2, 0.25) is 0 Å². The van der Waals surface area contributed by atoms with Crippen LogP contribution in [-0.2, 0) is 0 Å². The zero-order chi connectivity index (χ0) is 26.7. The molecule has 7 aromatic rings. The summed E-state index contributed by atoms with van der Waals surface area (Å²) in [5.74, 6) is 3.59. The minimum absolute atomic E-state index is 0.0632. The minimum atomic E-state index is 0.0632. The van der Waals surface area contributed by atoms with Crippen LogP contribution in [0.2, 0.25) is 0 Å². The fourth-order valence-corrected chi connectivity index (χ4v) is 7.28. The van der Waals surface area contributed by atoms with E-state index < -0.39 is 0 Å². The Morgan fingerprint density at radius 3 is 1.76 bits per heavy atom. The summed E-state index contributed by atoms with van der Waals surface area (Å²) in [5.41, 5.74) is 10.4. The number of benzene rings is 6. The fourth-order valence-electron chi connectivity index (χ4n) is 7.28. The third kappa shape index (κ3) is 2.66. The van der Waals surface area contributed by atoms with E-state index in [-0.39, 0.29) is 6.71 Å². The Morgan fingerprint density at radius 1 is 0.463 bits per heavy atom. The minimum Gasteiger partial charge on any atom is -0.458 e. The van der Waals surface area contributed by atoms with Gasteiger partial charge in [0.05, 0.1) is 16.7 Å². The summed E-state index contributed by atoms with van der Waals surface area (Å²) in [5, 5.41) is 2.45. The molecule has 41 heavy (non-hydrogen) atoms. The Balaban J connectivity index is 1.38. The number of hydrogen-bond acceptors (Lipinski definition) is 3. The first-order valence-corrected chi connectivity index (χ1v) is 14.0. The molecule has 3 aliphatic heterocycles. The summed E-state index contributed by atoms with van der Waals surface area (Å²) in [6, 6.07) is 44.9. The highest BCUT2D eigenvalue weighted by Gasteiger charge is 2.46. The van der Waals surface area contributed by atoms with Crippen LogP contribution in [0.1, 0.15) is 0 Å². The Bertz CT molecular complexity index is 2170. The second kappa shape index (κ2) is 7.61. The molecule has 0 unspecified atom stereocenters. The quantitative estimate of drug-likeness (QED) is 0.227. The van der Waals surface area contributed by atoms with Gasteiger partial charge in [-0.05, 0) is 77.7 Å². The van der Waals surface area contributed by atoms with E-state index in [1.54, 1.807) is 0 Å². The maximum Gasteiger partial charge on any atom is 0.266 e. The van der Waals surface area contributed by atoms with Crippen molar-refractivity contribution in [2.45, 2.75) is 0 Å². The largest absolute Gasteiger partial charge is 0.458 e. The van der Waals surface area contributed by atoms with Crippen LogP contribution < -0.4 is 30.8 Å². The van der Waals surface area contributed by atoms with E-state index in [4.69, 9.17) is 9.47 Å². The predicted molar refractivity (Wildman–Crippen MR) is 167 cm³/mol. The van der Waals surface area contributed by atoms with Crippen molar-refractivity contribution in [3.05, 3.63) is 127 Å². The van der Waals surface area contributed by atoms with Crippen LogP contribution >= 0.6 is 0 Å². The fraction of sp³-hybridized carbons (Fsp3) is 0. The first-order valence-electron chi connectivity index (χ1n) is 14.0. The molecular weight excluding hydrogens is 503 g/mol. The van der Waals surface area contributed by atoms with Crippen LogP contribution in [0.4, 0.5) is 17.1 Å². The van der Waals surface area contributed by atoms with Gasteiger partial charge < -0.3 is 18.9 Å². The molecule has 1 aromatic heterocycles. The molecular formula is C36H21BN2O2. The molecule has 0 amide bonds. The molecule has 0 spiro atoms. The van der Waals surface area contributed by atoms with Gasteiger partial charge in [0, 0.05) is 33.3 Å². The Hall–Kier alpha value is -5.42. The monoisotopic (exact) mass is 524 g/mol. The van der Waals surface area contributed by atoms with Gasteiger partial charge in [0.25, 0.3) is 6.71 Å². The summed E-state index contributed by atoms with van der Waals surface area (Å²) >= 11 is 0. The zero-order valence-corrected chi connectivity index (χ0v) is 21.9. The molecule has 0 aliphatic carbocycles. The lowest BCUT2D eigenvalue weighted by atomic mass is 9.33. The van der Waals surface area contributed by atoms with E-state index in [0.717, 1.165) is 51.2 Å². The number of nitrogens with zero attached hydrogens (tertiary/aromatic N) is 2. The van der Waals surface area contributed by atoms with Crippen molar-refractivity contribution in [1.82, 2.24) is 4.57 Å². The van der Waals surface area contributed by atoms with Crippen LogP contribution in [-0.4, -0.2) is 11.3 Å². The van der Waals surface area contributed by atoms with Gasteiger partial charge in [0.1, 0.15) is 23.0 Å². The van der Waals surface area contributed by atoms with Gasteiger partial charge in [-0.25, -0.2) is 0 Å². The topological polar surface area (TPSA) is 26.6 Å². The number of aromatic nitrogens is 1. The van der Waals surface area contributed by atoms with E-state index >= 15 is 0 Å². The molecule has 0 saturated carbocycles. The number of para-hydroxylation sites is 3. The third-order valence-electron chi connectivity index (χ3n) is 8.81. The molecule has 0 bridgehead atoms. The lowest BCUT2D eigenvalue weighted by Crippen LogP contribution is -2.60. The van der Waals surface area contributed by atoms with Crippen molar-refractivity contribution < 1.29 is 9.47 Å². The summed E-state index contributed by atoms with van der Waals surface area (Å²) in [6.45, 7) is 0.0632. The van der Waals surface area contributed by atoms with E-state index in [9.17, 15) is 0 Å². The molecule has 4 heterocycles. The molecule has 4 nitrogen and oxygen atoms in total. The van der Waals surface area contributed by atoms with Gasteiger partial charge in [-0.1, -0.05) is 60.7 Å². The van der Waals surface area contributed by atoms with E-state index in [0.29, 0.717) is 0 Å². The van der Waals surface area contributed by atoms with Gasteiger partial charge in [-0.3, -0.25) is 0 Å². The van der Waals surface area contributed by atoms with Gasteiger partial charge in [0.15, 0.2) is 0 Å². The number of anilines is 3. The third-order valence-corrected chi connectivity index (χ3v) is 8.81. The Kier molecular flexibility index (Phi) is 3.98. The highest BCUT2D eigenvalue weighted by Crippen LogP contribution is 2.46. The first-order chi connectivity index (χ1) is 20.4. The number of fused-ring (bicyclic) bond motifs is 4. The van der Waals surface area contributed by atoms with E-state index in [1.807, 2.05) is 6.07 Å². The molecule has 5 heteroatoms. The number of rotatable bonds is 3. The van der Waals surface area contributed by atoms with Crippen molar-refractivity contribution >= 4 is 62.0 Å². The van der Waals surface area contributed by atoms with Crippen molar-refractivity contribution in [3.8, 4) is 28.7 Å². The van der Waals surface area contributed by atoms with Crippen molar-refractivity contribution in [2.75, 3.05) is 4.90 Å². The summed E-state index contributed by atoms with van der Waals surface area (Å²) < 4.78 is 15.6. The second-order valence-corrected chi connectivity index (χ2v) is 10.9. The lowest BCUT2D eigenvalue weighted by Gasteiger charge is -2.37. The molecule has 10 rings (SSSR count). The summed E-state index contributed by atoms with van der Waals surface area (Å²) in [4.78, 5) is 2.36. The normalized spacial score (nSPS) is 13.2. The number of hydrogen-bond donors (Lipinski definition) is 0. The molecule has 3 aliphatic rings. The highest BCUT2D eigenvalue weighted by molar-refractivity contribution is 7.00. The van der Waals surface area contributed by atoms with Crippen molar-refractivity contribution in [1.29, 1.82) is 0 Å². The molecule has 0 fully saturated rings. The average Bonchev–Trinajstić information content (AvgIpc) is 3.37. The second-order valence-electron chi connectivity index (χ2n) is 10.9. The summed E-state index contributed by atoms with van der Waals surface area (Å²) in [7, 11) is 0.